The van der Waals surface area contributed by atoms with Crippen LogP contribution in [-0.4, -0.2) is 35.9 Å². The van der Waals surface area contributed by atoms with Crippen LogP contribution in [-0.2, 0) is 9.53 Å². The fraction of sp³-hybridized carbons (Fsp3) is 0.182. The highest BCUT2D eigenvalue weighted by Crippen LogP contribution is 2.21. The lowest BCUT2D eigenvalue weighted by molar-refractivity contribution is -0.117. The predicted octanol–water partition coefficient (Wildman–Crippen LogP) is 1.50. The smallest absolute Gasteiger partial charge is 0.413 e. The summed E-state index contributed by atoms with van der Waals surface area (Å²) in [4.78, 5) is 33.1. The Kier molecular flexibility index (Phi) is 5.31. The van der Waals surface area contributed by atoms with E-state index in [0.717, 1.165) is 31.0 Å². The maximum atomic E-state index is 13.1. The van der Waals surface area contributed by atoms with Gasteiger partial charge in [-0.05, 0) is 18.2 Å². The number of rotatable bonds is 4. The molecule has 0 spiro atoms. The monoisotopic (exact) mass is 287 g/mol. The van der Waals surface area contributed by atoms with Gasteiger partial charge >= 0.3 is 12.1 Å². The van der Waals surface area contributed by atoms with Crippen LogP contribution in [0.15, 0.2) is 23.1 Å². The highest BCUT2D eigenvalue weighted by atomic mass is 32.2. The van der Waals surface area contributed by atoms with Crippen molar-refractivity contribution in [3.63, 3.8) is 0 Å². The maximum Gasteiger partial charge on any atom is 0.413 e. The van der Waals surface area contributed by atoms with Gasteiger partial charge in [0.15, 0.2) is 0 Å². The Hall–Kier alpha value is -2.09. The average Bonchev–Trinajstić information content (AvgIpc) is 2.37. The predicted molar refractivity (Wildman–Crippen MR) is 64.6 cm³/mol. The summed E-state index contributed by atoms with van der Waals surface area (Å²) in [5.41, 5.74) is -0.474. The second-order valence-electron chi connectivity index (χ2n) is 3.28. The van der Waals surface area contributed by atoms with E-state index in [1.165, 1.54) is 6.07 Å². The standard InChI is InChI=1S/C11H10FNO5S/c1-18-11(17)13-9(14)5-19-6-2-3-8(12)7(4-6)10(15)16/h2-4H,5H2,1H3,(H,15,16)(H,13,14,17). The van der Waals surface area contributed by atoms with E-state index >= 15 is 0 Å². The largest absolute Gasteiger partial charge is 0.478 e. The maximum absolute atomic E-state index is 13.1. The number of alkyl carbamates (subject to hydrolysis) is 1. The number of benzene rings is 1. The normalized spacial score (nSPS) is 9.79. The molecule has 1 aromatic carbocycles. The molecule has 19 heavy (non-hydrogen) atoms. The first-order valence-corrected chi connectivity index (χ1v) is 5.96. The lowest BCUT2D eigenvalue weighted by Gasteiger charge is -2.04. The fourth-order valence-electron chi connectivity index (χ4n) is 1.11. The van der Waals surface area contributed by atoms with Gasteiger partial charge in [-0.25, -0.2) is 14.0 Å². The first-order valence-electron chi connectivity index (χ1n) is 4.97. The van der Waals surface area contributed by atoms with Gasteiger partial charge in [-0.3, -0.25) is 10.1 Å². The van der Waals surface area contributed by atoms with Crippen molar-refractivity contribution in [1.29, 1.82) is 0 Å². The zero-order chi connectivity index (χ0) is 14.4. The van der Waals surface area contributed by atoms with Crippen LogP contribution >= 0.6 is 11.8 Å². The highest BCUT2D eigenvalue weighted by molar-refractivity contribution is 8.00. The Balaban J connectivity index is 2.63. The average molecular weight is 287 g/mol. The molecule has 2 N–H and O–H groups in total. The summed E-state index contributed by atoms with van der Waals surface area (Å²) in [5, 5.41) is 10.7. The summed E-state index contributed by atoms with van der Waals surface area (Å²) < 4.78 is 17.3. The molecule has 0 bridgehead atoms. The summed E-state index contributed by atoms with van der Waals surface area (Å²) in [6, 6.07) is 3.47. The lowest BCUT2D eigenvalue weighted by atomic mass is 10.2. The number of carbonyl (C=O) groups excluding carboxylic acids is 2. The Morgan fingerprint density at radius 2 is 2.11 bits per heavy atom. The molecule has 0 saturated carbocycles. The van der Waals surface area contributed by atoms with Crippen LogP contribution in [0.4, 0.5) is 9.18 Å². The molecule has 0 aliphatic heterocycles. The molecule has 2 amide bonds. The van der Waals surface area contributed by atoms with E-state index in [0.29, 0.717) is 4.90 Å². The molecule has 0 heterocycles. The first-order chi connectivity index (χ1) is 8.93. The van der Waals surface area contributed by atoms with Gasteiger partial charge in [-0.1, -0.05) is 0 Å². The number of amides is 2. The molecule has 1 aromatic rings. The summed E-state index contributed by atoms with van der Waals surface area (Å²) in [6.45, 7) is 0. The second kappa shape index (κ2) is 6.74. The number of ether oxygens (including phenoxy) is 1. The van der Waals surface area contributed by atoms with Gasteiger partial charge in [-0.15, -0.1) is 11.8 Å². The fourth-order valence-corrected chi connectivity index (χ4v) is 1.84. The van der Waals surface area contributed by atoms with Crippen molar-refractivity contribution >= 4 is 29.7 Å². The van der Waals surface area contributed by atoms with Crippen molar-refractivity contribution in [3.05, 3.63) is 29.6 Å². The van der Waals surface area contributed by atoms with Crippen LogP contribution < -0.4 is 5.32 Å². The van der Waals surface area contributed by atoms with Gasteiger partial charge in [0.1, 0.15) is 5.82 Å². The van der Waals surface area contributed by atoms with E-state index in [-0.39, 0.29) is 5.75 Å². The Morgan fingerprint density at radius 1 is 1.42 bits per heavy atom. The van der Waals surface area contributed by atoms with E-state index in [1.54, 1.807) is 0 Å². The van der Waals surface area contributed by atoms with E-state index in [1.807, 2.05) is 5.32 Å². The molecule has 8 heteroatoms. The number of carboxylic acid groups (broad SMARTS) is 1. The van der Waals surface area contributed by atoms with Crippen LogP contribution in [0.2, 0.25) is 0 Å². The number of halogens is 1. The number of carboxylic acids is 1. The number of carbonyl (C=O) groups is 3. The number of hydrogen-bond donors (Lipinski definition) is 2. The molecule has 1 rings (SSSR count). The van der Waals surface area contributed by atoms with Gasteiger partial charge < -0.3 is 9.84 Å². The van der Waals surface area contributed by atoms with Gasteiger partial charge in [0.25, 0.3) is 0 Å². The van der Waals surface area contributed by atoms with Gasteiger partial charge in [0.2, 0.25) is 5.91 Å². The zero-order valence-corrected chi connectivity index (χ0v) is 10.6. The zero-order valence-electron chi connectivity index (χ0n) is 9.81. The molecule has 0 aliphatic rings. The van der Waals surface area contributed by atoms with E-state index in [9.17, 15) is 18.8 Å². The molecular weight excluding hydrogens is 277 g/mol. The number of hydrogen-bond acceptors (Lipinski definition) is 5. The third kappa shape index (κ3) is 4.59. The second-order valence-corrected chi connectivity index (χ2v) is 4.32. The minimum Gasteiger partial charge on any atom is -0.478 e. The number of nitrogens with one attached hydrogen (secondary N) is 1. The molecule has 6 nitrogen and oxygen atoms in total. The van der Waals surface area contributed by atoms with Gasteiger partial charge in [0, 0.05) is 4.90 Å². The van der Waals surface area contributed by atoms with Crippen molar-refractivity contribution in [3.8, 4) is 0 Å². The van der Waals surface area contributed by atoms with Crippen molar-refractivity contribution in [2.24, 2.45) is 0 Å². The molecule has 102 valence electrons. The Morgan fingerprint density at radius 3 is 2.68 bits per heavy atom. The molecule has 0 unspecified atom stereocenters. The molecule has 0 radical (unpaired) electrons. The third-order valence-corrected chi connectivity index (χ3v) is 2.96. The van der Waals surface area contributed by atoms with E-state index < -0.39 is 29.4 Å². The topological polar surface area (TPSA) is 92.7 Å². The lowest BCUT2D eigenvalue weighted by Crippen LogP contribution is -2.31. The number of imide groups is 1. The molecule has 0 aliphatic carbocycles. The van der Waals surface area contributed by atoms with E-state index in [4.69, 9.17) is 5.11 Å². The third-order valence-electron chi connectivity index (χ3n) is 1.97. The Labute approximate surface area is 111 Å². The molecule has 0 aromatic heterocycles. The number of methoxy groups -OCH3 is 1. The Bertz CT molecular complexity index is 520. The first kappa shape index (κ1) is 15.0. The highest BCUT2D eigenvalue weighted by Gasteiger charge is 2.12. The SMILES string of the molecule is COC(=O)NC(=O)CSc1ccc(F)c(C(=O)O)c1. The molecular formula is C11H10FNO5S. The minimum atomic E-state index is -1.39. The van der Waals surface area contributed by atoms with Gasteiger partial charge in [-0.2, -0.15) is 0 Å². The van der Waals surface area contributed by atoms with Crippen molar-refractivity contribution < 1.29 is 28.6 Å². The van der Waals surface area contributed by atoms with Crippen molar-refractivity contribution in [2.75, 3.05) is 12.9 Å². The quantitative estimate of drug-likeness (QED) is 0.815. The molecule has 0 saturated heterocycles. The minimum absolute atomic E-state index is 0.125. The number of aromatic carboxylic acids is 1. The number of thioether (sulfide) groups is 1. The van der Waals surface area contributed by atoms with Crippen LogP contribution in [0, 0.1) is 5.82 Å². The van der Waals surface area contributed by atoms with Crippen LogP contribution in [0.5, 0.6) is 0 Å². The summed E-state index contributed by atoms with van der Waals surface area (Å²) in [6.07, 6.45) is -0.879. The summed E-state index contributed by atoms with van der Waals surface area (Å²) >= 11 is 0.971. The van der Waals surface area contributed by atoms with Crippen LogP contribution in [0.1, 0.15) is 10.4 Å². The summed E-state index contributed by atoms with van der Waals surface area (Å²) in [7, 11) is 1.12. The van der Waals surface area contributed by atoms with Crippen molar-refractivity contribution in [2.45, 2.75) is 4.90 Å². The summed E-state index contributed by atoms with van der Waals surface area (Å²) in [5.74, 6) is -2.97. The molecule has 0 fully saturated rings. The van der Waals surface area contributed by atoms with Gasteiger partial charge in [0.05, 0.1) is 18.4 Å². The van der Waals surface area contributed by atoms with Crippen LogP contribution in [0.3, 0.4) is 0 Å². The van der Waals surface area contributed by atoms with Crippen LogP contribution in [0.25, 0.3) is 0 Å². The van der Waals surface area contributed by atoms with Crippen molar-refractivity contribution in [1.82, 2.24) is 5.32 Å². The molecule has 0 atom stereocenters. The van der Waals surface area contributed by atoms with E-state index in [2.05, 4.69) is 4.74 Å².